The molecule has 1 fully saturated rings. The van der Waals surface area contributed by atoms with Crippen LogP contribution in [0.15, 0.2) is 71.6 Å². The topological polar surface area (TPSA) is 59.1 Å². The average Bonchev–Trinajstić information content (AvgIpc) is 2.86. The monoisotopic (exact) mass is 494 g/mol. The van der Waals surface area contributed by atoms with Crippen LogP contribution in [-0.2, 0) is 16.6 Å². The maximum Gasteiger partial charge on any atom is 0.264 e. The van der Waals surface area contributed by atoms with Crippen molar-refractivity contribution in [2.75, 3.05) is 31.6 Å². The molecule has 1 heterocycles. The first-order valence-electron chi connectivity index (χ1n) is 11.9. The van der Waals surface area contributed by atoms with Gasteiger partial charge in [0.1, 0.15) is 0 Å². The number of benzene rings is 3. The molecule has 0 aliphatic carbocycles. The van der Waals surface area contributed by atoms with Crippen LogP contribution in [0.1, 0.15) is 29.5 Å². The normalized spacial score (nSPS) is 15.1. The van der Waals surface area contributed by atoms with Crippen molar-refractivity contribution < 1.29 is 17.9 Å². The van der Waals surface area contributed by atoms with Crippen LogP contribution in [0.2, 0.25) is 0 Å². The molecule has 1 aliphatic rings. The fourth-order valence-corrected chi connectivity index (χ4v) is 6.40. The summed E-state index contributed by atoms with van der Waals surface area (Å²) < 4.78 is 40.4. The first-order chi connectivity index (χ1) is 16.8. The molecule has 6 nitrogen and oxygen atoms in total. The van der Waals surface area contributed by atoms with Gasteiger partial charge in [0.25, 0.3) is 10.0 Å². The predicted molar refractivity (Wildman–Crippen MR) is 140 cm³/mol. The van der Waals surface area contributed by atoms with Gasteiger partial charge in [0.2, 0.25) is 0 Å². The molecule has 0 radical (unpaired) electrons. The lowest BCUT2D eigenvalue weighted by Gasteiger charge is -2.39. The highest BCUT2D eigenvalue weighted by Gasteiger charge is 2.34. The van der Waals surface area contributed by atoms with E-state index in [1.165, 1.54) is 0 Å². The zero-order valence-corrected chi connectivity index (χ0v) is 21.7. The molecule has 3 aromatic rings. The Labute approximate surface area is 209 Å². The van der Waals surface area contributed by atoms with Gasteiger partial charge in [-0.25, -0.2) is 8.42 Å². The summed E-state index contributed by atoms with van der Waals surface area (Å²) >= 11 is 0. The molecular weight excluding hydrogens is 460 g/mol. The molecule has 0 unspecified atom stereocenters. The summed E-state index contributed by atoms with van der Waals surface area (Å²) in [5.74, 6) is 1.47. The van der Waals surface area contributed by atoms with Crippen molar-refractivity contribution in [3.8, 4) is 11.5 Å². The Morgan fingerprint density at radius 1 is 0.857 bits per heavy atom. The van der Waals surface area contributed by atoms with Gasteiger partial charge in [0, 0.05) is 31.2 Å². The highest BCUT2D eigenvalue weighted by Crippen LogP contribution is 2.34. The summed E-state index contributed by atoms with van der Waals surface area (Å²) in [6, 6.07) is 20.7. The van der Waals surface area contributed by atoms with Gasteiger partial charge >= 0.3 is 0 Å². The minimum absolute atomic E-state index is 0.118. The largest absolute Gasteiger partial charge is 0.493 e. The van der Waals surface area contributed by atoms with Crippen LogP contribution < -0.4 is 13.8 Å². The number of nitrogens with zero attached hydrogens (tertiary/aromatic N) is 2. The van der Waals surface area contributed by atoms with E-state index in [-0.39, 0.29) is 6.04 Å². The Morgan fingerprint density at radius 2 is 1.46 bits per heavy atom. The third-order valence-corrected chi connectivity index (χ3v) is 8.53. The Bertz CT molecular complexity index is 1230. The van der Waals surface area contributed by atoms with Crippen molar-refractivity contribution in [2.24, 2.45) is 0 Å². The van der Waals surface area contributed by atoms with Gasteiger partial charge in [-0.05, 0) is 57.0 Å². The SMILES string of the molecule is COc1cccc(CN2CCC(N(c3ccc(C)cc3)S(=O)(=O)c3ccc(C)cc3)CC2)c1OC. The maximum absolute atomic E-state index is 13.8. The van der Waals surface area contributed by atoms with Crippen LogP contribution in [0.5, 0.6) is 11.5 Å². The Balaban J connectivity index is 1.57. The molecule has 0 saturated carbocycles. The number of hydrogen-bond donors (Lipinski definition) is 0. The summed E-state index contributed by atoms with van der Waals surface area (Å²) in [6.07, 6.45) is 1.48. The van der Waals surface area contributed by atoms with E-state index in [0.717, 1.165) is 60.7 Å². The molecule has 0 N–H and O–H groups in total. The van der Waals surface area contributed by atoms with E-state index >= 15 is 0 Å². The van der Waals surface area contributed by atoms with Crippen molar-refractivity contribution in [3.63, 3.8) is 0 Å². The average molecular weight is 495 g/mol. The van der Waals surface area contributed by atoms with E-state index in [4.69, 9.17) is 9.47 Å². The number of sulfonamides is 1. The molecule has 1 saturated heterocycles. The lowest BCUT2D eigenvalue weighted by atomic mass is 10.0. The summed E-state index contributed by atoms with van der Waals surface area (Å²) in [6.45, 7) is 6.27. The van der Waals surface area contributed by atoms with Gasteiger partial charge in [-0.3, -0.25) is 9.21 Å². The third-order valence-electron chi connectivity index (χ3n) is 6.63. The number of anilines is 1. The van der Waals surface area contributed by atoms with Crippen LogP contribution in [0.3, 0.4) is 0 Å². The minimum atomic E-state index is -3.70. The minimum Gasteiger partial charge on any atom is -0.493 e. The maximum atomic E-state index is 13.8. The number of aryl methyl sites for hydroxylation is 2. The lowest BCUT2D eigenvalue weighted by molar-refractivity contribution is 0.203. The first-order valence-corrected chi connectivity index (χ1v) is 13.4. The highest BCUT2D eigenvalue weighted by atomic mass is 32.2. The standard InChI is InChI=1S/C28H34N2O4S/c1-21-8-12-24(13-9-21)30(35(31,32)26-14-10-22(2)11-15-26)25-16-18-29(19-17-25)20-23-6-5-7-27(33-3)28(23)34-4/h5-15,25H,16-20H2,1-4H3. The number of hydrogen-bond acceptors (Lipinski definition) is 5. The first kappa shape index (κ1) is 25.1. The van der Waals surface area contributed by atoms with Crippen LogP contribution in [-0.4, -0.2) is 46.7 Å². The molecule has 35 heavy (non-hydrogen) atoms. The molecular formula is C28H34N2O4S. The second kappa shape index (κ2) is 10.7. The molecule has 186 valence electrons. The van der Waals surface area contributed by atoms with Crippen molar-refractivity contribution in [1.29, 1.82) is 0 Å². The van der Waals surface area contributed by atoms with Gasteiger partial charge in [0.15, 0.2) is 11.5 Å². The zero-order chi connectivity index (χ0) is 25.0. The van der Waals surface area contributed by atoms with Crippen molar-refractivity contribution in [2.45, 2.75) is 44.2 Å². The number of para-hydroxylation sites is 1. The molecule has 0 bridgehead atoms. The number of ether oxygens (including phenoxy) is 2. The molecule has 4 rings (SSSR count). The molecule has 3 aromatic carbocycles. The van der Waals surface area contributed by atoms with Crippen LogP contribution in [0, 0.1) is 13.8 Å². The van der Waals surface area contributed by atoms with Crippen LogP contribution in [0.25, 0.3) is 0 Å². The molecule has 0 aromatic heterocycles. The molecule has 0 amide bonds. The van der Waals surface area contributed by atoms with Gasteiger partial charge in [-0.1, -0.05) is 47.5 Å². The predicted octanol–water partition coefficient (Wildman–Crippen LogP) is 5.18. The third kappa shape index (κ3) is 5.46. The number of piperidine rings is 1. The Hall–Kier alpha value is -3.03. The molecule has 0 spiro atoms. The molecule has 1 aliphatic heterocycles. The Morgan fingerprint density at radius 3 is 2.03 bits per heavy atom. The number of methoxy groups -OCH3 is 2. The summed E-state index contributed by atoms with van der Waals surface area (Å²) in [5, 5.41) is 0. The fraction of sp³-hybridized carbons (Fsp3) is 0.357. The second-order valence-corrected chi connectivity index (χ2v) is 10.9. The van der Waals surface area contributed by atoms with E-state index in [9.17, 15) is 8.42 Å². The van der Waals surface area contributed by atoms with Crippen LogP contribution in [0.4, 0.5) is 5.69 Å². The van der Waals surface area contributed by atoms with Crippen molar-refractivity contribution >= 4 is 15.7 Å². The Kier molecular flexibility index (Phi) is 7.67. The van der Waals surface area contributed by atoms with Gasteiger partial charge in [-0.2, -0.15) is 0 Å². The quantitative estimate of drug-likeness (QED) is 0.432. The van der Waals surface area contributed by atoms with Gasteiger partial charge < -0.3 is 9.47 Å². The van der Waals surface area contributed by atoms with E-state index in [0.29, 0.717) is 10.6 Å². The van der Waals surface area contributed by atoms with E-state index in [1.807, 2.05) is 68.4 Å². The molecule has 7 heteroatoms. The zero-order valence-electron chi connectivity index (χ0n) is 20.9. The molecule has 0 atom stereocenters. The second-order valence-electron chi connectivity index (χ2n) is 9.11. The van der Waals surface area contributed by atoms with Crippen molar-refractivity contribution in [3.05, 3.63) is 83.4 Å². The van der Waals surface area contributed by atoms with E-state index < -0.39 is 10.0 Å². The van der Waals surface area contributed by atoms with E-state index in [1.54, 1.807) is 30.7 Å². The summed E-state index contributed by atoms with van der Waals surface area (Å²) in [4.78, 5) is 2.67. The smallest absolute Gasteiger partial charge is 0.264 e. The number of rotatable bonds is 8. The summed E-state index contributed by atoms with van der Waals surface area (Å²) in [7, 11) is -0.405. The number of likely N-dealkylation sites (tertiary alicyclic amines) is 1. The van der Waals surface area contributed by atoms with Gasteiger partial charge in [0.05, 0.1) is 24.8 Å². The van der Waals surface area contributed by atoms with Gasteiger partial charge in [-0.15, -0.1) is 0 Å². The van der Waals surface area contributed by atoms with E-state index in [2.05, 4.69) is 4.90 Å². The summed E-state index contributed by atoms with van der Waals surface area (Å²) in [5.41, 5.74) is 3.91. The van der Waals surface area contributed by atoms with Crippen LogP contribution >= 0.6 is 0 Å². The highest BCUT2D eigenvalue weighted by molar-refractivity contribution is 7.92. The fourth-order valence-electron chi connectivity index (χ4n) is 4.69. The van der Waals surface area contributed by atoms with Crippen molar-refractivity contribution in [1.82, 2.24) is 4.90 Å². The lowest BCUT2D eigenvalue weighted by Crippen LogP contribution is -2.47.